The molecule has 0 atom stereocenters. The van der Waals surface area contributed by atoms with Crippen LogP contribution in [-0.2, 0) is 9.59 Å². The van der Waals surface area contributed by atoms with Gasteiger partial charge in [-0.3, -0.25) is 9.59 Å². The Morgan fingerprint density at radius 1 is 1.21 bits per heavy atom. The van der Waals surface area contributed by atoms with Gasteiger partial charge in [-0.15, -0.1) is 0 Å². The molecule has 0 bridgehead atoms. The van der Waals surface area contributed by atoms with Gasteiger partial charge >= 0.3 is 63.3 Å². The first kappa shape index (κ1) is 17.0. The number of hydrogen-bond acceptors (Lipinski definition) is 2. The van der Waals surface area contributed by atoms with Crippen LogP contribution in [0.5, 0.6) is 0 Å². The third-order valence-electron chi connectivity index (χ3n) is 1.78. The van der Waals surface area contributed by atoms with Crippen LogP contribution >= 0.6 is 0 Å². The molecule has 0 heterocycles. The molecule has 0 aliphatic heterocycles. The summed E-state index contributed by atoms with van der Waals surface area (Å²) in [5.41, 5.74) is -0.0247. The number of carboxylic acid groups (broad SMARTS) is 2. The van der Waals surface area contributed by atoms with Crippen molar-refractivity contribution in [2.75, 3.05) is 0 Å². The molecule has 0 aromatic carbocycles. The zero-order valence-corrected chi connectivity index (χ0v) is 12.3. The Bertz CT molecular complexity index is 199. The molecule has 0 saturated carbocycles. The summed E-state index contributed by atoms with van der Waals surface area (Å²) < 4.78 is 0. The summed E-state index contributed by atoms with van der Waals surface area (Å²) >= 11 is 0. The van der Waals surface area contributed by atoms with Gasteiger partial charge in [0.25, 0.3) is 0 Å². The van der Waals surface area contributed by atoms with Crippen molar-refractivity contribution in [3.8, 4) is 0 Å². The van der Waals surface area contributed by atoms with E-state index in [0.29, 0.717) is 6.42 Å². The molecule has 78 valence electrons. The maximum atomic E-state index is 10.5. The molecule has 0 unspecified atom stereocenters. The summed E-state index contributed by atoms with van der Waals surface area (Å²) in [7, 11) is 0. The number of hydrogen-bond donors (Lipinski definition) is 2. The van der Waals surface area contributed by atoms with Crippen LogP contribution in [0.2, 0.25) is 0 Å². The van der Waals surface area contributed by atoms with Crippen LogP contribution in [0.15, 0.2) is 0 Å². The van der Waals surface area contributed by atoms with Gasteiger partial charge in [0.15, 0.2) is 5.92 Å². The van der Waals surface area contributed by atoms with Gasteiger partial charge in [-0.1, -0.05) is 20.8 Å². The number of aliphatic carboxylic acids is 2. The molecule has 0 saturated heterocycles. The van der Waals surface area contributed by atoms with E-state index in [-0.39, 0.29) is 64.6 Å². The minimum Gasteiger partial charge on any atom is -1.00 e. The van der Waals surface area contributed by atoms with E-state index in [4.69, 9.17) is 10.2 Å². The molecule has 0 fully saturated rings. The molecule has 0 spiro atoms. The fourth-order valence-electron chi connectivity index (χ4n) is 0.930. The Labute approximate surface area is 128 Å². The molecular weight excluding hydrogens is 211 g/mol. The van der Waals surface area contributed by atoms with Crippen molar-refractivity contribution < 1.29 is 72.6 Å². The van der Waals surface area contributed by atoms with Crippen molar-refractivity contribution in [2.45, 2.75) is 33.6 Å². The van der Waals surface area contributed by atoms with E-state index < -0.39 is 17.9 Å². The first-order chi connectivity index (χ1) is 5.74. The Kier molecular flexibility index (Phi) is 8.43. The van der Waals surface area contributed by atoms with Gasteiger partial charge in [-0.2, -0.15) is 0 Å². The Hall–Kier alpha value is 0.576. The first-order valence-electron chi connectivity index (χ1n) is 4.19. The van der Waals surface area contributed by atoms with E-state index >= 15 is 0 Å². The Morgan fingerprint density at radius 2 is 1.57 bits per heavy atom. The third-order valence-corrected chi connectivity index (χ3v) is 1.78. The minimum absolute atomic E-state index is 0. The maximum Gasteiger partial charge on any atom is 1.00 e. The zero-order valence-electron chi connectivity index (χ0n) is 10.2. The molecule has 2 N–H and O–H groups in total. The van der Waals surface area contributed by atoms with Gasteiger partial charge in [0.05, 0.1) is 0 Å². The summed E-state index contributed by atoms with van der Waals surface area (Å²) in [6.45, 7) is 5.86. The van der Waals surface area contributed by atoms with Gasteiger partial charge in [-0.05, 0) is 18.3 Å². The molecule has 5 heteroatoms. The second-order valence-corrected chi connectivity index (χ2v) is 4.33. The van der Waals surface area contributed by atoms with Crippen molar-refractivity contribution >= 4 is 11.9 Å². The van der Waals surface area contributed by atoms with Crippen LogP contribution in [-0.4, -0.2) is 22.2 Å². The normalized spacial score (nSPS) is 10.9. The monoisotopic (exact) mass is 228 g/mol. The average Bonchev–Trinajstić information content (AvgIpc) is 1.82. The van der Waals surface area contributed by atoms with Crippen LogP contribution in [0.25, 0.3) is 0 Å². The number of carbonyl (C=O) groups is 2. The van der Waals surface area contributed by atoms with Crippen LogP contribution in [0.3, 0.4) is 0 Å². The molecule has 0 rings (SSSR count). The fourth-order valence-corrected chi connectivity index (χ4v) is 0.930. The molecule has 0 aromatic rings. The third kappa shape index (κ3) is 7.93. The smallest absolute Gasteiger partial charge is 1.00 e. The van der Waals surface area contributed by atoms with Crippen molar-refractivity contribution in [3.05, 3.63) is 0 Å². The van der Waals surface area contributed by atoms with E-state index in [0.717, 1.165) is 0 Å². The van der Waals surface area contributed by atoms with E-state index in [9.17, 15) is 9.59 Å². The molecule has 14 heavy (non-hydrogen) atoms. The Morgan fingerprint density at radius 3 is 1.79 bits per heavy atom. The topological polar surface area (TPSA) is 74.6 Å². The predicted octanol–water partition coefficient (Wildman–Crippen LogP) is -1.29. The number of carboxylic acids is 2. The SMILES string of the molecule is CC(C)(C)CCC(C(=O)O)C(=O)O.[H-].[K+]. The summed E-state index contributed by atoms with van der Waals surface area (Å²) in [5.74, 6) is -3.77. The fraction of sp³-hybridized carbons (Fsp3) is 0.778. The van der Waals surface area contributed by atoms with Gasteiger partial charge in [-0.25, -0.2) is 0 Å². The molecule has 4 nitrogen and oxygen atoms in total. The van der Waals surface area contributed by atoms with Crippen LogP contribution in [0.1, 0.15) is 35.0 Å². The quantitative estimate of drug-likeness (QED) is 0.464. The van der Waals surface area contributed by atoms with Crippen molar-refractivity contribution in [2.24, 2.45) is 11.3 Å². The summed E-state index contributed by atoms with van der Waals surface area (Å²) in [6.07, 6.45) is 0.782. The standard InChI is InChI=1S/C9H16O4.K.H/c1-9(2,3)5-4-6(7(10)11)8(12)13;;/h6H,4-5H2,1-3H3,(H,10,11)(H,12,13);;/q;+1;-1. The van der Waals surface area contributed by atoms with Gasteiger partial charge in [0, 0.05) is 0 Å². The molecule has 0 radical (unpaired) electrons. The second-order valence-electron chi connectivity index (χ2n) is 4.33. The summed E-state index contributed by atoms with van der Waals surface area (Å²) in [5, 5.41) is 17.1. The molecule has 0 aromatic heterocycles. The first-order valence-corrected chi connectivity index (χ1v) is 4.19. The number of rotatable bonds is 4. The average molecular weight is 228 g/mol. The summed E-state index contributed by atoms with van der Waals surface area (Å²) in [4.78, 5) is 21.0. The maximum absolute atomic E-state index is 10.5. The predicted molar refractivity (Wildman–Crippen MR) is 48.6 cm³/mol. The van der Waals surface area contributed by atoms with Crippen molar-refractivity contribution in [1.29, 1.82) is 0 Å². The van der Waals surface area contributed by atoms with Gasteiger partial charge in [0.1, 0.15) is 0 Å². The van der Waals surface area contributed by atoms with Gasteiger partial charge in [0.2, 0.25) is 0 Å². The van der Waals surface area contributed by atoms with Crippen LogP contribution in [0, 0.1) is 11.3 Å². The molecule has 0 aliphatic carbocycles. The molecule has 0 amide bonds. The molecule has 0 aliphatic rings. The largest absolute Gasteiger partial charge is 1.00 e. The minimum atomic E-state index is -1.26. The van der Waals surface area contributed by atoms with E-state index in [1.165, 1.54) is 0 Å². The van der Waals surface area contributed by atoms with Crippen molar-refractivity contribution in [3.63, 3.8) is 0 Å². The van der Waals surface area contributed by atoms with Crippen molar-refractivity contribution in [1.82, 2.24) is 0 Å². The van der Waals surface area contributed by atoms with E-state index in [1.807, 2.05) is 20.8 Å². The second kappa shape index (κ2) is 6.95. The van der Waals surface area contributed by atoms with Crippen LogP contribution < -0.4 is 51.4 Å². The van der Waals surface area contributed by atoms with Gasteiger partial charge < -0.3 is 11.6 Å². The zero-order chi connectivity index (χ0) is 10.6. The Balaban J connectivity index is -0.000000720. The molecular formula is C9H17KO4. The van der Waals surface area contributed by atoms with E-state index in [1.54, 1.807) is 0 Å². The summed E-state index contributed by atoms with van der Waals surface area (Å²) in [6, 6.07) is 0. The van der Waals surface area contributed by atoms with Crippen LogP contribution in [0.4, 0.5) is 0 Å². The van der Waals surface area contributed by atoms with E-state index in [2.05, 4.69) is 0 Å².